The Bertz CT molecular complexity index is 860. The highest BCUT2D eigenvalue weighted by molar-refractivity contribution is 7.14. The third kappa shape index (κ3) is 3.59. The Morgan fingerprint density at radius 2 is 2.09 bits per heavy atom. The lowest BCUT2D eigenvalue weighted by atomic mass is 10.1. The maximum atomic E-state index is 8.83. The van der Waals surface area contributed by atoms with Crippen LogP contribution in [-0.2, 0) is 0 Å². The summed E-state index contributed by atoms with van der Waals surface area (Å²) in [5.74, 6) is 0. The van der Waals surface area contributed by atoms with E-state index in [1.54, 1.807) is 24.5 Å². The van der Waals surface area contributed by atoms with Gasteiger partial charge in [0, 0.05) is 28.9 Å². The fourth-order valence-corrected chi connectivity index (χ4v) is 2.61. The number of anilines is 1. The molecule has 0 aliphatic heterocycles. The maximum absolute atomic E-state index is 8.83. The van der Waals surface area contributed by atoms with Crippen molar-refractivity contribution >= 4 is 22.2 Å². The molecule has 0 unspecified atom stereocenters. The van der Waals surface area contributed by atoms with Crippen LogP contribution < -0.4 is 5.43 Å². The Balaban J connectivity index is 1.73. The van der Waals surface area contributed by atoms with E-state index in [9.17, 15) is 0 Å². The molecule has 1 aromatic carbocycles. The first-order valence-corrected chi connectivity index (χ1v) is 7.81. The first-order chi connectivity index (χ1) is 11.3. The summed E-state index contributed by atoms with van der Waals surface area (Å²) in [6.07, 6.45) is 3.50. The molecule has 6 heteroatoms. The highest BCUT2D eigenvalue weighted by Crippen LogP contribution is 2.25. The van der Waals surface area contributed by atoms with Gasteiger partial charge in [-0.25, -0.2) is 4.98 Å². The lowest BCUT2D eigenvalue weighted by Crippen LogP contribution is -1.99. The lowest BCUT2D eigenvalue weighted by molar-refractivity contribution is 1.26. The van der Waals surface area contributed by atoms with Gasteiger partial charge >= 0.3 is 0 Å². The van der Waals surface area contributed by atoms with Gasteiger partial charge in [0.05, 0.1) is 23.0 Å². The van der Waals surface area contributed by atoms with Crippen molar-refractivity contribution in [3.8, 4) is 17.3 Å². The van der Waals surface area contributed by atoms with E-state index >= 15 is 0 Å². The van der Waals surface area contributed by atoms with Gasteiger partial charge in [0.15, 0.2) is 0 Å². The van der Waals surface area contributed by atoms with E-state index in [1.165, 1.54) is 11.3 Å². The van der Waals surface area contributed by atoms with Crippen LogP contribution in [0.4, 0.5) is 5.13 Å². The van der Waals surface area contributed by atoms with Gasteiger partial charge in [-0.05, 0) is 25.1 Å². The molecule has 0 aliphatic carbocycles. The molecule has 0 radical (unpaired) electrons. The lowest BCUT2D eigenvalue weighted by Gasteiger charge is -2.00. The third-order valence-electron chi connectivity index (χ3n) is 3.21. The summed E-state index contributed by atoms with van der Waals surface area (Å²) in [6, 6.07) is 13.3. The smallest absolute Gasteiger partial charge is 0.203 e. The summed E-state index contributed by atoms with van der Waals surface area (Å²) in [6.45, 7) is 1.92. The summed E-state index contributed by atoms with van der Waals surface area (Å²) in [5, 5.41) is 15.8. The van der Waals surface area contributed by atoms with Crippen LogP contribution in [-0.4, -0.2) is 15.7 Å². The van der Waals surface area contributed by atoms with Crippen molar-refractivity contribution in [2.45, 2.75) is 6.92 Å². The average molecular weight is 319 g/mol. The summed E-state index contributed by atoms with van der Waals surface area (Å²) in [5.41, 5.74) is 7.24. The molecule has 2 aromatic heterocycles. The zero-order valence-electron chi connectivity index (χ0n) is 12.4. The molecule has 0 aliphatic rings. The summed E-state index contributed by atoms with van der Waals surface area (Å²) in [7, 11) is 0. The summed E-state index contributed by atoms with van der Waals surface area (Å²) in [4.78, 5) is 8.58. The monoisotopic (exact) mass is 319 g/mol. The topological polar surface area (TPSA) is 74.0 Å². The van der Waals surface area contributed by atoms with Gasteiger partial charge in [0.1, 0.15) is 0 Å². The Labute approximate surface area is 138 Å². The molecule has 0 atom stereocenters. The minimum Gasteiger partial charge on any atom is -0.264 e. The molecule has 1 N–H and O–H groups in total. The van der Waals surface area contributed by atoms with Crippen molar-refractivity contribution in [3.63, 3.8) is 0 Å². The number of benzene rings is 1. The summed E-state index contributed by atoms with van der Waals surface area (Å²) >= 11 is 1.48. The Morgan fingerprint density at radius 3 is 2.78 bits per heavy atom. The van der Waals surface area contributed by atoms with E-state index in [-0.39, 0.29) is 0 Å². The number of nitrogens with one attached hydrogen (secondary N) is 1. The minimum absolute atomic E-state index is 0.638. The Kier molecular flexibility index (Phi) is 4.41. The van der Waals surface area contributed by atoms with E-state index in [0.717, 1.165) is 22.5 Å². The SMILES string of the molecule is C/C(=N/Nc1nc(-c2ccc(C#N)cc2)cs1)c1cccnc1. The maximum Gasteiger partial charge on any atom is 0.203 e. The van der Waals surface area contributed by atoms with Gasteiger partial charge in [-0.2, -0.15) is 10.4 Å². The van der Waals surface area contributed by atoms with Gasteiger partial charge in [-0.15, -0.1) is 11.3 Å². The van der Waals surface area contributed by atoms with Gasteiger partial charge < -0.3 is 0 Å². The number of thiazole rings is 1. The number of hydrogen-bond acceptors (Lipinski definition) is 6. The molecule has 0 saturated heterocycles. The van der Waals surface area contributed by atoms with E-state index in [0.29, 0.717) is 10.7 Å². The highest BCUT2D eigenvalue weighted by Gasteiger charge is 2.04. The molecule has 0 saturated carbocycles. The van der Waals surface area contributed by atoms with Crippen LogP contribution in [0.1, 0.15) is 18.1 Å². The fraction of sp³-hybridized carbons (Fsp3) is 0.0588. The van der Waals surface area contributed by atoms with Crippen LogP contribution in [0.2, 0.25) is 0 Å². The second-order valence-corrected chi connectivity index (χ2v) is 5.64. The van der Waals surface area contributed by atoms with Crippen LogP contribution in [0.5, 0.6) is 0 Å². The molecule has 23 heavy (non-hydrogen) atoms. The zero-order chi connectivity index (χ0) is 16.1. The highest BCUT2D eigenvalue weighted by atomic mass is 32.1. The fourth-order valence-electron chi connectivity index (χ4n) is 1.95. The molecule has 0 fully saturated rings. The Morgan fingerprint density at radius 1 is 1.26 bits per heavy atom. The molecular weight excluding hydrogens is 306 g/mol. The predicted molar refractivity (Wildman–Crippen MR) is 92.3 cm³/mol. The number of pyridine rings is 1. The zero-order valence-corrected chi connectivity index (χ0v) is 13.2. The van der Waals surface area contributed by atoms with Crippen molar-refractivity contribution in [3.05, 3.63) is 65.3 Å². The van der Waals surface area contributed by atoms with Crippen LogP contribution in [0.25, 0.3) is 11.3 Å². The van der Waals surface area contributed by atoms with E-state index in [4.69, 9.17) is 5.26 Å². The number of nitrogens with zero attached hydrogens (tertiary/aromatic N) is 4. The predicted octanol–water partition coefficient (Wildman–Crippen LogP) is 3.91. The molecule has 0 bridgehead atoms. The molecule has 3 aromatic rings. The standard InChI is InChI=1S/C17H13N5S/c1-12(15-3-2-8-19-10-15)21-22-17-20-16(11-23-17)14-6-4-13(9-18)5-7-14/h2-8,10-11H,1H3,(H,20,22)/b21-12-. The van der Waals surface area contributed by atoms with Crippen LogP contribution in [0.15, 0.2) is 59.3 Å². The van der Waals surface area contributed by atoms with Crippen LogP contribution in [0.3, 0.4) is 0 Å². The Hall–Kier alpha value is -3.04. The normalized spacial score (nSPS) is 11.0. The van der Waals surface area contributed by atoms with Crippen molar-refractivity contribution in [1.29, 1.82) is 5.26 Å². The second-order valence-electron chi connectivity index (χ2n) is 4.78. The second kappa shape index (κ2) is 6.81. The third-order valence-corrected chi connectivity index (χ3v) is 3.96. The van der Waals surface area contributed by atoms with Crippen molar-refractivity contribution in [1.82, 2.24) is 9.97 Å². The van der Waals surface area contributed by atoms with E-state index in [1.807, 2.05) is 36.6 Å². The number of nitriles is 1. The van der Waals surface area contributed by atoms with Crippen molar-refractivity contribution in [2.24, 2.45) is 5.10 Å². The molecular formula is C17H13N5S. The van der Waals surface area contributed by atoms with Gasteiger partial charge in [-0.3, -0.25) is 10.4 Å². The first-order valence-electron chi connectivity index (χ1n) is 6.93. The van der Waals surface area contributed by atoms with Gasteiger partial charge in [-0.1, -0.05) is 18.2 Å². The quantitative estimate of drug-likeness (QED) is 0.584. The van der Waals surface area contributed by atoms with E-state index < -0.39 is 0 Å². The number of hydrogen-bond donors (Lipinski definition) is 1. The average Bonchev–Trinajstić information content (AvgIpc) is 3.09. The summed E-state index contributed by atoms with van der Waals surface area (Å²) < 4.78 is 0. The van der Waals surface area contributed by atoms with Crippen molar-refractivity contribution < 1.29 is 0 Å². The van der Waals surface area contributed by atoms with E-state index in [2.05, 4.69) is 26.6 Å². The van der Waals surface area contributed by atoms with Gasteiger partial charge in [0.2, 0.25) is 5.13 Å². The molecule has 5 nitrogen and oxygen atoms in total. The molecule has 112 valence electrons. The van der Waals surface area contributed by atoms with Crippen molar-refractivity contribution in [2.75, 3.05) is 5.43 Å². The van der Waals surface area contributed by atoms with Crippen LogP contribution >= 0.6 is 11.3 Å². The van der Waals surface area contributed by atoms with Gasteiger partial charge in [0.25, 0.3) is 0 Å². The minimum atomic E-state index is 0.638. The largest absolute Gasteiger partial charge is 0.264 e. The number of hydrazone groups is 1. The first kappa shape index (κ1) is 14.9. The number of rotatable bonds is 4. The molecule has 2 heterocycles. The molecule has 0 spiro atoms. The number of aromatic nitrogens is 2. The molecule has 0 amide bonds. The van der Waals surface area contributed by atoms with Crippen LogP contribution in [0, 0.1) is 11.3 Å². The molecule has 3 rings (SSSR count).